The first-order chi connectivity index (χ1) is 12.4. The first-order valence-electron chi connectivity index (χ1n) is 8.60. The van der Waals surface area contributed by atoms with E-state index in [0.29, 0.717) is 11.4 Å². The van der Waals surface area contributed by atoms with Gasteiger partial charge in [0.15, 0.2) is 0 Å². The fourth-order valence-corrected chi connectivity index (χ4v) is 4.40. The van der Waals surface area contributed by atoms with Crippen LogP contribution in [0, 0.1) is 6.92 Å². The van der Waals surface area contributed by atoms with E-state index in [0.717, 1.165) is 35.6 Å². The summed E-state index contributed by atoms with van der Waals surface area (Å²) in [5.41, 5.74) is 5.38. The number of aryl methyl sites for hydroxylation is 1. The molecule has 0 saturated carbocycles. The van der Waals surface area contributed by atoms with Crippen LogP contribution in [0.15, 0.2) is 47.6 Å². The van der Waals surface area contributed by atoms with Crippen molar-refractivity contribution in [3.05, 3.63) is 59.5 Å². The minimum Gasteiger partial charge on any atom is -0.365 e. The summed E-state index contributed by atoms with van der Waals surface area (Å²) in [4.78, 5) is 7.10. The Labute approximate surface area is 153 Å². The minimum absolute atomic E-state index is 0.335. The zero-order valence-electron chi connectivity index (χ0n) is 15.2. The lowest BCUT2D eigenvalue weighted by Gasteiger charge is -2.20. The van der Waals surface area contributed by atoms with Gasteiger partial charge in [0.1, 0.15) is 5.65 Å². The maximum atomic E-state index is 12.5. The molecule has 3 heterocycles. The van der Waals surface area contributed by atoms with E-state index < -0.39 is 10.0 Å². The summed E-state index contributed by atoms with van der Waals surface area (Å²) in [5.74, 6) is 0. The number of benzene rings is 1. The molecule has 0 bridgehead atoms. The molecule has 1 aromatic carbocycles. The molecule has 26 heavy (non-hydrogen) atoms. The van der Waals surface area contributed by atoms with Crippen molar-refractivity contribution in [2.75, 3.05) is 25.5 Å². The first kappa shape index (κ1) is 17.1. The molecule has 0 spiro atoms. The molecule has 136 valence electrons. The Kier molecular flexibility index (Phi) is 4.00. The van der Waals surface area contributed by atoms with Crippen LogP contribution in [0.2, 0.25) is 0 Å². The number of sulfonamides is 1. The third-order valence-corrected chi connectivity index (χ3v) is 6.80. The van der Waals surface area contributed by atoms with Gasteiger partial charge >= 0.3 is 0 Å². The summed E-state index contributed by atoms with van der Waals surface area (Å²) in [6.07, 6.45) is 4.85. The average molecular weight is 370 g/mol. The van der Waals surface area contributed by atoms with Gasteiger partial charge in [-0.2, -0.15) is 0 Å². The van der Waals surface area contributed by atoms with Gasteiger partial charge in [0.2, 0.25) is 10.0 Å². The van der Waals surface area contributed by atoms with Crippen molar-refractivity contribution < 1.29 is 8.42 Å². The van der Waals surface area contributed by atoms with Crippen LogP contribution in [0.25, 0.3) is 5.65 Å². The number of hydrogen-bond acceptors (Lipinski definition) is 4. The number of aromatic nitrogens is 2. The van der Waals surface area contributed by atoms with E-state index >= 15 is 0 Å². The largest absolute Gasteiger partial charge is 0.365 e. The normalized spacial score (nSPS) is 14.4. The molecule has 7 heteroatoms. The van der Waals surface area contributed by atoms with Crippen molar-refractivity contribution >= 4 is 21.4 Å². The Bertz CT molecular complexity index is 1090. The Morgan fingerprint density at radius 2 is 2.04 bits per heavy atom. The molecule has 4 rings (SSSR count). The van der Waals surface area contributed by atoms with Gasteiger partial charge in [-0.25, -0.2) is 17.7 Å². The molecule has 3 aromatic rings. The smallest absolute Gasteiger partial charge is 0.242 e. The highest BCUT2D eigenvalue weighted by molar-refractivity contribution is 7.89. The average Bonchev–Trinajstić information content (AvgIpc) is 3.20. The topological polar surface area (TPSA) is 57.9 Å². The monoisotopic (exact) mass is 370 g/mol. The number of anilines is 1. The zero-order chi connectivity index (χ0) is 18.5. The highest BCUT2D eigenvalue weighted by Gasteiger charge is 2.25. The van der Waals surface area contributed by atoms with E-state index in [4.69, 9.17) is 0 Å². The SMILES string of the molecule is Cc1cccn2c(CN3CCc4ccc(S(=O)(=O)N(C)C)cc43)cnc12. The van der Waals surface area contributed by atoms with Gasteiger partial charge < -0.3 is 9.30 Å². The van der Waals surface area contributed by atoms with E-state index in [9.17, 15) is 8.42 Å². The quantitative estimate of drug-likeness (QED) is 0.708. The summed E-state index contributed by atoms with van der Waals surface area (Å²) in [7, 11) is -0.322. The molecular weight excluding hydrogens is 348 g/mol. The van der Waals surface area contributed by atoms with Crippen molar-refractivity contribution in [1.82, 2.24) is 13.7 Å². The van der Waals surface area contributed by atoms with Crippen molar-refractivity contribution in [2.24, 2.45) is 0 Å². The Morgan fingerprint density at radius 3 is 2.81 bits per heavy atom. The van der Waals surface area contributed by atoms with Gasteiger partial charge in [-0.1, -0.05) is 12.1 Å². The summed E-state index contributed by atoms with van der Waals surface area (Å²) in [5, 5.41) is 0. The molecule has 0 N–H and O–H groups in total. The van der Waals surface area contributed by atoms with Gasteiger partial charge in [0.25, 0.3) is 0 Å². The van der Waals surface area contributed by atoms with Crippen LogP contribution in [-0.2, 0) is 23.0 Å². The van der Waals surface area contributed by atoms with Gasteiger partial charge in [-0.3, -0.25) is 0 Å². The lowest BCUT2D eigenvalue weighted by molar-refractivity contribution is 0.521. The van der Waals surface area contributed by atoms with E-state index in [1.807, 2.05) is 24.5 Å². The number of imidazole rings is 1. The Morgan fingerprint density at radius 1 is 1.23 bits per heavy atom. The lowest BCUT2D eigenvalue weighted by Crippen LogP contribution is -2.23. The summed E-state index contributed by atoms with van der Waals surface area (Å²) >= 11 is 0. The van der Waals surface area contributed by atoms with Crippen LogP contribution in [0.4, 0.5) is 5.69 Å². The number of hydrogen-bond donors (Lipinski definition) is 0. The van der Waals surface area contributed by atoms with Gasteiger partial charge in [-0.05, 0) is 42.7 Å². The molecule has 0 fully saturated rings. The number of rotatable bonds is 4. The first-order valence-corrected chi connectivity index (χ1v) is 10.0. The fraction of sp³-hybridized carbons (Fsp3) is 0.316. The number of pyridine rings is 1. The van der Waals surface area contributed by atoms with Crippen LogP contribution in [0.1, 0.15) is 16.8 Å². The van der Waals surface area contributed by atoms with Crippen molar-refractivity contribution in [3.63, 3.8) is 0 Å². The maximum absolute atomic E-state index is 12.5. The predicted molar refractivity (Wildman–Crippen MR) is 102 cm³/mol. The van der Waals surface area contributed by atoms with Gasteiger partial charge in [0, 0.05) is 32.5 Å². The molecule has 0 saturated heterocycles. The van der Waals surface area contributed by atoms with Crippen LogP contribution in [0.3, 0.4) is 0 Å². The summed E-state index contributed by atoms with van der Waals surface area (Å²) < 4.78 is 28.3. The fourth-order valence-electron chi connectivity index (χ4n) is 3.48. The highest BCUT2D eigenvalue weighted by atomic mass is 32.2. The second-order valence-corrected chi connectivity index (χ2v) is 9.04. The van der Waals surface area contributed by atoms with Gasteiger partial charge in [0.05, 0.1) is 23.3 Å². The zero-order valence-corrected chi connectivity index (χ0v) is 16.0. The van der Waals surface area contributed by atoms with Crippen LogP contribution >= 0.6 is 0 Å². The molecule has 0 radical (unpaired) electrons. The van der Waals surface area contributed by atoms with E-state index in [-0.39, 0.29) is 0 Å². The molecule has 1 aliphatic rings. The number of nitrogens with zero attached hydrogens (tertiary/aromatic N) is 4. The van der Waals surface area contributed by atoms with Crippen molar-refractivity contribution in [3.8, 4) is 0 Å². The lowest BCUT2D eigenvalue weighted by atomic mass is 10.2. The molecule has 0 atom stereocenters. The standard InChI is InChI=1S/C19H22N4O2S/c1-14-5-4-9-23-16(12-20-19(14)23)13-22-10-8-15-6-7-17(11-18(15)22)26(24,25)21(2)3/h4-7,9,11-12H,8,10,13H2,1-3H3. The highest BCUT2D eigenvalue weighted by Crippen LogP contribution is 2.32. The Balaban J connectivity index is 1.70. The summed E-state index contributed by atoms with van der Waals surface area (Å²) in [6, 6.07) is 9.51. The molecule has 1 aliphatic heterocycles. The van der Waals surface area contributed by atoms with E-state index in [2.05, 4.69) is 27.3 Å². The molecular formula is C19H22N4O2S. The second kappa shape index (κ2) is 6.10. The third-order valence-electron chi connectivity index (χ3n) is 4.99. The van der Waals surface area contributed by atoms with Crippen LogP contribution < -0.4 is 4.90 Å². The van der Waals surface area contributed by atoms with E-state index in [1.165, 1.54) is 9.87 Å². The maximum Gasteiger partial charge on any atom is 0.242 e. The van der Waals surface area contributed by atoms with Crippen LogP contribution in [0.5, 0.6) is 0 Å². The molecule has 0 aliphatic carbocycles. The predicted octanol–water partition coefficient (Wildman–Crippen LogP) is 2.46. The number of fused-ring (bicyclic) bond motifs is 2. The van der Waals surface area contributed by atoms with Crippen molar-refractivity contribution in [2.45, 2.75) is 24.8 Å². The van der Waals surface area contributed by atoms with Crippen molar-refractivity contribution in [1.29, 1.82) is 0 Å². The molecule has 2 aromatic heterocycles. The summed E-state index contributed by atoms with van der Waals surface area (Å²) in [6.45, 7) is 3.62. The van der Waals surface area contributed by atoms with E-state index in [1.54, 1.807) is 26.2 Å². The minimum atomic E-state index is -3.44. The second-order valence-electron chi connectivity index (χ2n) is 6.88. The Hall–Kier alpha value is -2.38. The van der Waals surface area contributed by atoms with Crippen LogP contribution in [-0.4, -0.2) is 42.7 Å². The molecule has 6 nitrogen and oxygen atoms in total. The third kappa shape index (κ3) is 2.68. The molecule has 0 unspecified atom stereocenters. The van der Waals surface area contributed by atoms with Gasteiger partial charge in [-0.15, -0.1) is 0 Å². The molecule has 0 amide bonds.